The molecule has 1 aliphatic rings. The van der Waals surface area contributed by atoms with Crippen LogP contribution in [0.25, 0.3) is 0 Å². The number of hydrogen-bond donors (Lipinski definition) is 0. The fraction of sp³-hybridized carbons (Fsp3) is 0.300. The number of anilines is 1. The monoisotopic (exact) mass is 209 g/mol. The molecule has 5 heteroatoms. The average molecular weight is 209 g/mol. The van der Waals surface area contributed by atoms with Gasteiger partial charge in [0.25, 0.3) is 0 Å². The van der Waals surface area contributed by atoms with E-state index < -0.39 is 6.09 Å². The molecule has 0 aromatic heterocycles. The zero-order valence-electron chi connectivity index (χ0n) is 8.52. The summed E-state index contributed by atoms with van der Waals surface area (Å²) in [6.07, 6.45) is -0.422. The standard InChI is InChI=1S/C10H11NO4/c1-11(10(12)13-2)7-3-4-8-9(5-7)15-6-14-8/h3-5H,6H2,1-2H3. The Morgan fingerprint density at radius 3 is 2.87 bits per heavy atom. The molecule has 5 nitrogen and oxygen atoms in total. The summed E-state index contributed by atoms with van der Waals surface area (Å²) in [5.74, 6) is 1.33. The third-order valence-corrected chi connectivity index (χ3v) is 2.19. The van der Waals surface area contributed by atoms with Crippen molar-refractivity contribution in [2.45, 2.75) is 0 Å². The second-order valence-corrected chi connectivity index (χ2v) is 3.07. The third-order valence-electron chi connectivity index (χ3n) is 2.19. The van der Waals surface area contributed by atoms with Crippen LogP contribution in [0, 0.1) is 0 Å². The smallest absolute Gasteiger partial charge is 0.413 e. The van der Waals surface area contributed by atoms with Crippen molar-refractivity contribution in [2.24, 2.45) is 0 Å². The van der Waals surface area contributed by atoms with Crippen LogP contribution >= 0.6 is 0 Å². The summed E-state index contributed by atoms with van der Waals surface area (Å²) < 4.78 is 15.0. The highest BCUT2D eigenvalue weighted by Gasteiger charge is 2.17. The first kappa shape index (κ1) is 9.64. The van der Waals surface area contributed by atoms with Gasteiger partial charge < -0.3 is 14.2 Å². The lowest BCUT2D eigenvalue weighted by atomic mass is 10.2. The predicted molar refractivity (Wildman–Crippen MR) is 53.4 cm³/mol. The van der Waals surface area contributed by atoms with Gasteiger partial charge in [-0.3, -0.25) is 4.90 Å². The molecule has 0 saturated heterocycles. The van der Waals surface area contributed by atoms with Gasteiger partial charge in [-0.05, 0) is 12.1 Å². The van der Waals surface area contributed by atoms with Crippen molar-refractivity contribution in [2.75, 3.05) is 25.9 Å². The largest absolute Gasteiger partial charge is 0.454 e. The highest BCUT2D eigenvalue weighted by Crippen LogP contribution is 2.35. The Bertz CT molecular complexity index is 391. The van der Waals surface area contributed by atoms with Crippen LogP contribution < -0.4 is 14.4 Å². The van der Waals surface area contributed by atoms with Gasteiger partial charge in [0, 0.05) is 13.1 Å². The molecular formula is C10H11NO4. The van der Waals surface area contributed by atoms with Crippen LogP contribution in [0.2, 0.25) is 0 Å². The first-order valence-corrected chi connectivity index (χ1v) is 4.43. The number of fused-ring (bicyclic) bond motifs is 1. The van der Waals surface area contributed by atoms with Gasteiger partial charge in [-0.2, -0.15) is 0 Å². The maximum Gasteiger partial charge on any atom is 0.413 e. The van der Waals surface area contributed by atoms with Gasteiger partial charge in [-0.15, -0.1) is 0 Å². The number of carbonyl (C=O) groups is 1. The Morgan fingerprint density at radius 2 is 2.13 bits per heavy atom. The molecule has 0 spiro atoms. The minimum atomic E-state index is -0.422. The molecule has 0 bridgehead atoms. The molecule has 1 aromatic carbocycles. The summed E-state index contributed by atoms with van der Waals surface area (Å²) in [6, 6.07) is 5.26. The summed E-state index contributed by atoms with van der Waals surface area (Å²) in [4.78, 5) is 12.6. The fourth-order valence-corrected chi connectivity index (χ4v) is 1.34. The molecule has 0 saturated carbocycles. The molecule has 0 N–H and O–H groups in total. The van der Waals surface area contributed by atoms with Crippen molar-refractivity contribution in [1.82, 2.24) is 0 Å². The van der Waals surface area contributed by atoms with E-state index in [2.05, 4.69) is 4.74 Å². The second-order valence-electron chi connectivity index (χ2n) is 3.07. The van der Waals surface area contributed by atoms with E-state index in [1.165, 1.54) is 12.0 Å². The lowest BCUT2D eigenvalue weighted by Crippen LogP contribution is -2.25. The van der Waals surface area contributed by atoms with Gasteiger partial charge in [0.05, 0.1) is 12.8 Å². The van der Waals surface area contributed by atoms with Crippen LogP contribution in [0.15, 0.2) is 18.2 Å². The molecule has 1 amide bonds. The van der Waals surface area contributed by atoms with Crippen molar-refractivity contribution < 1.29 is 19.0 Å². The minimum Gasteiger partial charge on any atom is -0.454 e. The third kappa shape index (κ3) is 1.68. The van der Waals surface area contributed by atoms with E-state index in [1.807, 2.05) is 0 Å². The lowest BCUT2D eigenvalue weighted by Gasteiger charge is -2.15. The number of rotatable bonds is 1. The van der Waals surface area contributed by atoms with Crippen molar-refractivity contribution in [1.29, 1.82) is 0 Å². The van der Waals surface area contributed by atoms with Crippen LogP contribution in [0.4, 0.5) is 10.5 Å². The Hall–Kier alpha value is -1.91. The lowest BCUT2D eigenvalue weighted by molar-refractivity contribution is 0.174. The molecule has 1 aliphatic heterocycles. The zero-order valence-corrected chi connectivity index (χ0v) is 8.52. The summed E-state index contributed by atoms with van der Waals surface area (Å²) in [7, 11) is 2.97. The second kappa shape index (κ2) is 3.68. The zero-order chi connectivity index (χ0) is 10.8. The molecular weight excluding hydrogens is 198 g/mol. The van der Waals surface area contributed by atoms with Gasteiger partial charge in [-0.25, -0.2) is 4.79 Å². The number of ether oxygens (including phenoxy) is 3. The normalized spacial score (nSPS) is 12.4. The molecule has 2 rings (SSSR count). The van der Waals surface area contributed by atoms with Crippen molar-refractivity contribution in [3.05, 3.63) is 18.2 Å². The first-order valence-electron chi connectivity index (χ1n) is 4.43. The van der Waals surface area contributed by atoms with Crippen LogP contribution in [0.5, 0.6) is 11.5 Å². The molecule has 80 valence electrons. The fourth-order valence-electron chi connectivity index (χ4n) is 1.34. The maximum atomic E-state index is 11.2. The first-order chi connectivity index (χ1) is 7.22. The minimum absolute atomic E-state index is 0.223. The Labute approximate surface area is 87.1 Å². The molecule has 0 radical (unpaired) electrons. The van der Waals surface area contributed by atoms with E-state index in [4.69, 9.17) is 9.47 Å². The molecule has 0 aliphatic carbocycles. The molecule has 0 atom stereocenters. The summed E-state index contributed by atoms with van der Waals surface area (Å²) in [6.45, 7) is 0.223. The van der Waals surface area contributed by atoms with Gasteiger partial charge in [0.15, 0.2) is 11.5 Å². The van der Waals surface area contributed by atoms with E-state index >= 15 is 0 Å². The SMILES string of the molecule is COC(=O)N(C)c1ccc2c(c1)OCO2. The topological polar surface area (TPSA) is 48.0 Å². The number of nitrogens with zero attached hydrogens (tertiary/aromatic N) is 1. The molecule has 0 unspecified atom stereocenters. The number of carbonyl (C=O) groups excluding carboxylic acids is 1. The predicted octanol–water partition coefficient (Wildman–Crippen LogP) is 1.62. The van der Waals surface area contributed by atoms with Crippen molar-refractivity contribution in [3.8, 4) is 11.5 Å². The summed E-state index contributed by atoms with van der Waals surface area (Å²) in [5.41, 5.74) is 0.700. The van der Waals surface area contributed by atoms with E-state index in [1.54, 1.807) is 25.2 Å². The van der Waals surface area contributed by atoms with Gasteiger partial charge in [0.1, 0.15) is 0 Å². The number of amides is 1. The van der Waals surface area contributed by atoms with E-state index in [0.29, 0.717) is 17.2 Å². The number of hydrogen-bond acceptors (Lipinski definition) is 4. The average Bonchev–Trinajstić information content (AvgIpc) is 2.73. The summed E-state index contributed by atoms with van der Waals surface area (Å²) >= 11 is 0. The van der Waals surface area contributed by atoms with Crippen LogP contribution in [-0.4, -0.2) is 27.0 Å². The van der Waals surface area contributed by atoms with E-state index in [0.717, 1.165) is 0 Å². The van der Waals surface area contributed by atoms with E-state index in [-0.39, 0.29) is 6.79 Å². The van der Waals surface area contributed by atoms with Gasteiger partial charge in [-0.1, -0.05) is 0 Å². The van der Waals surface area contributed by atoms with Gasteiger partial charge in [0.2, 0.25) is 6.79 Å². The summed E-state index contributed by atoms with van der Waals surface area (Å²) in [5, 5.41) is 0. The van der Waals surface area contributed by atoms with Gasteiger partial charge >= 0.3 is 6.09 Å². The van der Waals surface area contributed by atoms with Crippen molar-refractivity contribution in [3.63, 3.8) is 0 Å². The Kier molecular flexibility index (Phi) is 2.37. The Balaban J connectivity index is 2.26. The quantitative estimate of drug-likeness (QED) is 0.705. The van der Waals surface area contributed by atoms with Crippen LogP contribution in [0.1, 0.15) is 0 Å². The highest BCUT2D eigenvalue weighted by molar-refractivity contribution is 5.87. The highest BCUT2D eigenvalue weighted by atomic mass is 16.7. The molecule has 1 aromatic rings. The van der Waals surface area contributed by atoms with E-state index in [9.17, 15) is 4.79 Å². The van der Waals surface area contributed by atoms with Crippen LogP contribution in [-0.2, 0) is 4.74 Å². The van der Waals surface area contributed by atoms with Crippen LogP contribution in [0.3, 0.4) is 0 Å². The Morgan fingerprint density at radius 1 is 1.40 bits per heavy atom. The molecule has 1 heterocycles. The maximum absolute atomic E-state index is 11.2. The molecule has 0 fully saturated rings. The molecule has 15 heavy (non-hydrogen) atoms. The number of benzene rings is 1. The van der Waals surface area contributed by atoms with Crippen molar-refractivity contribution >= 4 is 11.8 Å². The number of methoxy groups -OCH3 is 1.